The first kappa shape index (κ1) is 20.0. The van der Waals surface area contributed by atoms with Crippen LogP contribution in [0.5, 0.6) is 0 Å². The lowest BCUT2D eigenvalue weighted by atomic mass is 10.1. The predicted octanol–water partition coefficient (Wildman–Crippen LogP) is 2.40. The van der Waals surface area contributed by atoms with Crippen LogP contribution in [0.1, 0.15) is 22.2 Å². The Labute approximate surface area is 183 Å². The van der Waals surface area contributed by atoms with Crippen LogP contribution in [-0.2, 0) is 0 Å². The molecule has 9 nitrogen and oxygen atoms in total. The number of carbonyl (C=O) groups excluding carboxylic acids is 1. The molecule has 1 aliphatic heterocycles. The molecule has 5 rings (SSSR count). The number of para-hydroxylation sites is 1. The van der Waals surface area contributed by atoms with Gasteiger partial charge in [0, 0.05) is 38.2 Å². The lowest BCUT2D eigenvalue weighted by Gasteiger charge is -2.38. The molecule has 162 valence electrons. The molecule has 1 saturated heterocycles. The average Bonchev–Trinajstić information content (AvgIpc) is 3.24. The molecule has 0 spiro atoms. The van der Waals surface area contributed by atoms with Crippen LogP contribution in [0, 0.1) is 5.82 Å². The Balaban J connectivity index is 1.44. The number of piperazine rings is 1. The Bertz CT molecular complexity index is 1260. The largest absolute Gasteiger partial charge is 0.338 e. The van der Waals surface area contributed by atoms with Crippen molar-refractivity contribution in [3.05, 3.63) is 78.3 Å². The maximum atomic E-state index is 13.9. The summed E-state index contributed by atoms with van der Waals surface area (Å²) in [6.07, 6.45) is 5.14. The fourth-order valence-electron chi connectivity index (χ4n) is 3.82. The molecule has 1 aliphatic rings. The van der Waals surface area contributed by atoms with Crippen molar-refractivity contribution in [2.75, 3.05) is 36.9 Å². The van der Waals surface area contributed by atoms with Gasteiger partial charge in [0.2, 0.25) is 5.95 Å². The number of pyridine rings is 1. The van der Waals surface area contributed by atoms with E-state index in [-0.39, 0.29) is 11.7 Å². The van der Waals surface area contributed by atoms with Crippen LogP contribution in [0.3, 0.4) is 0 Å². The molecule has 0 radical (unpaired) electrons. The number of halogens is 1. The van der Waals surface area contributed by atoms with Crippen molar-refractivity contribution < 1.29 is 9.18 Å². The third kappa shape index (κ3) is 3.76. The molecular formula is C22H21FN8O. The van der Waals surface area contributed by atoms with Crippen LogP contribution in [0.2, 0.25) is 0 Å². The van der Waals surface area contributed by atoms with Crippen molar-refractivity contribution in [3.8, 4) is 0 Å². The number of carbonyl (C=O) groups is 1. The lowest BCUT2D eigenvalue weighted by molar-refractivity contribution is 0.102. The van der Waals surface area contributed by atoms with E-state index < -0.39 is 11.7 Å². The maximum Gasteiger partial charge on any atom is 0.257 e. The van der Waals surface area contributed by atoms with Gasteiger partial charge in [0.05, 0.1) is 17.3 Å². The van der Waals surface area contributed by atoms with E-state index in [2.05, 4.69) is 35.3 Å². The standard InChI is InChI=1S/C22H21FN8O/c1-29-11-12-30(22-24-9-4-10-25-22)14-18(29)20-28-27-19-8-7-15(13-31(19)20)21(32)26-17-6-3-2-5-16(17)23/h2-10,13,18H,11-12,14H2,1H3,(H,26,32)/t18-/m1/s1. The number of rotatable bonds is 4. The molecule has 1 atom stereocenters. The number of benzene rings is 1. The van der Waals surface area contributed by atoms with Crippen LogP contribution in [-0.4, -0.2) is 62.1 Å². The molecule has 4 aromatic rings. The second-order valence-electron chi connectivity index (χ2n) is 7.63. The van der Waals surface area contributed by atoms with Gasteiger partial charge in [0.15, 0.2) is 11.5 Å². The molecule has 0 aliphatic carbocycles. The number of hydrogen-bond acceptors (Lipinski definition) is 7. The molecule has 1 amide bonds. The Morgan fingerprint density at radius 1 is 1.06 bits per heavy atom. The van der Waals surface area contributed by atoms with Crippen molar-refractivity contribution in [1.29, 1.82) is 0 Å². The molecule has 32 heavy (non-hydrogen) atoms. The highest BCUT2D eigenvalue weighted by Gasteiger charge is 2.30. The van der Waals surface area contributed by atoms with Crippen molar-refractivity contribution in [2.24, 2.45) is 0 Å². The maximum absolute atomic E-state index is 13.9. The number of hydrogen-bond donors (Lipinski definition) is 1. The van der Waals surface area contributed by atoms with Gasteiger partial charge in [-0.1, -0.05) is 12.1 Å². The third-order valence-electron chi connectivity index (χ3n) is 5.59. The Kier molecular flexibility index (Phi) is 5.20. The summed E-state index contributed by atoms with van der Waals surface area (Å²) in [7, 11) is 2.03. The molecule has 1 fully saturated rings. The first-order valence-electron chi connectivity index (χ1n) is 10.2. The third-order valence-corrected chi connectivity index (χ3v) is 5.59. The van der Waals surface area contributed by atoms with Crippen LogP contribution in [0.15, 0.2) is 61.1 Å². The molecule has 3 aromatic heterocycles. The van der Waals surface area contributed by atoms with Crippen LogP contribution >= 0.6 is 0 Å². The number of fused-ring (bicyclic) bond motifs is 1. The van der Waals surface area contributed by atoms with Gasteiger partial charge in [-0.3, -0.25) is 14.1 Å². The van der Waals surface area contributed by atoms with Crippen LogP contribution in [0.25, 0.3) is 5.65 Å². The zero-order valence-electron chi connectivity index (χ0n) is 17.4. The summed E-state index contributed by atoms with van der Waals surface area (Å²) in [6, 6.07) is 11.2. The highest BCUT2D eigenvalue weighted by atomic mass is 19.1. The van der Waals surface area contributed by atoms with Crippen molar-refractivity contribution in [3.63, 3.8) is 0 Å². The van der Waals surface area contributed by atoms with Gasteiger partial charge in [-0.25, -0.2) is 14.4 Å². The molecule has 1 aromatic carbocycles. The minimum atomic E-state index is -0.487. The normalized spacial score (nSPS) is 16.9. The number of amides is 1. The highest BCUT2D eigenvalue weighted by molar-refractivity contribution is 6.04. The Morgan fingerprint density at radius 3 is 2.69 bits per heavy atom. The summed E-state index contributed by atoms with van der Waals surface area (Å²) in [5.41, 5.74) is 1.14. The number of aromatic nitrogens is 5. The average molecular weight is 432 g/mol. The van der Waals surface area contributed by atoms with Crippen LogP contribution in [0.4, 0.5) is 16.0 Å². The summed E-state index contributed by atoms with van der Waals surface area (Å²) < 4.78 is 15.7. The van der Waals surface area contributed by atoms with Gasteiger partial charge < -0.3 is 10.2 Å². The Hall–Kier alpha value is -3.92. The molecule has 10 heteroatoms. The second-order valence-corrected chi connectivity index (χ2v) is 7.63. The molecular weight excluding hydrogens is 411 g/mol. The number of nitrogens with zero attached hydrogens (tertiary/aromatic N) is 7. The van der Waals surface area contributed by atoms with Gasteiger partial charge in [0.25, 0.3) is 5.91 Å². The SMILES string of the molecule is CN1CCN(c2ncccn2)C[C@@H]1c1nnc2ccc(C(=O)Nc3ccccc3F)cn12. The van der Waals surface area contributed by atoms with E-state index in [1.54, 1.807) is 48.9 Å². The molecule has 0 unspecified atom stereocenters. The zero-order chi connectivity index (χ0) is 22.1. The Morgan fingerprint density at radius 2 is 1.88 bits per heavy atom. The van der Waals surface area contributed by atoms with E-state index in [1.165, 1.54) is 12.1 Å². The van der Waals surface area contributed by atoms with Gasteiger partial charge in [-0.2, -0.15) is 0 Å². The van der Waals surface area contributed by atoms with Gasteiger partial charge >= 0.3 is 0 Å². The van der Waals surface area contributed by atoms with E-state index in [9.17, 15) is 9.18 Å². The summed E-state index contributed by atoms with van der Waals surface area (Å²) >= 11 is 0. The lowest BCUT2D eigenvalue weighted by Crippen LogP contribution is -2.47. The highest BCUT2D eigenvalue weighted by Crippen LogP contribution is 2.25. The van der Waals surface area contributed by atoms with E-state index in [1.807, 2.05) is 11.4 Å². The fourth-order valence-corrected chi connectivity index (χ4v) is 3.82. The topological polar surface area (TPSA) is 91.6 Å². The zero-order valence-corrected chi connectivity index (χ0v) is 17.4. The van der Waals surface area contributed by atoms with E-state index >= 15 is 0 Å². The summed E-state index contributed by atoms with van der Waals surface area (Å²) in [4.78, 5) is 25.8. The molecule has 0 bridgehead atoms. The first-order chi connectivity index (χ1) is 15.6. The number of likely N-dealkylation sites (N-methyl/N-ethyl adjacent to an activating group) is 1. The van der Waals surface area contributed by atoms with Crippen molar-refractivity contribution >= 4 is 23.2 Å². The van der Waals surface area contributed by atoms with E-state index in [4.69, 9.17) is 0 Å². The number of nitrogens with one attached hydrogen (secondary N) is 1. The number of anilines is 2. The molecule has 1 N–H and O–H groups in total. The van der Waals surface area contributed by atoms with E-state index in [0.29, 0.717) is 29.5 Å². The second kappa shape index (κ2) is 8.31. The minimum absolute atomic E-state index is 0.0764. The van der Waals surface area contributed by atoms with Crippen LogP contribution < -0.4 is 10.2 Å². The predicted molar refractivity (Wildman–Crippen MR) is 117 cm³/mol. The van der Waals surface area contributed by atoms with Gasteiger partial charge in [0.1, 0.15) is 5.82 Å². The first-order valence-corrected chi connectivity index (χ1v) is 10.2. The molecule has 0 saturated carbocycles. The summed E-state index contributed by atoms with van der Waals surface area (Å²) in [6.45, 7) is 2.22. The van der Waals surface area contributed by atoms with Gasteiger partial charge in [-0.05, 0) is 37.4 Å². The monoisotopic (exact) mass is 432 g/mol. The van der Waals surface area contributed by atoms with Crippen molar-refractivity contribution in [2.45, 2.75) is 6.04 Å². The quantitative estimate of drug-likeness (QED) is 0.529. The smallest absolute Gasteiger partial charge is 0.257 e. The molecule has 4 heterocycles. The minimum Gasteiger partial charge on any atom is -0.338 e. The summed E-state index contributed by atoms with van der Waals surface area (Å²) in [5.74, 6) is 0.486. The van der Waals surface area contributed by atoms with E-state index in [0.717, 1.165) is 13.1 Å². The van der Waals surface area contributed by atoms with Crippen molar-refractivity contribution in [1.82, 2.24) is 29.5 Å². The van der Waals surface area contributed by atoms with Gasteiger partial charge in [-0.15, -0.1) is 10.2 Å². The fraction of sp³-hybridized carbons (Fsp3) is 0.227. The summed E-state index contributed by atoms with van der Waals surface area (Å²) in [5, 5.41) is 11.3.